The van der Waals surface area contributed by atoms with E-state index in [4.69, 9.17) is 0 Å². The maximum absolute atomic E-state index is 12.2. The third-order valence-electron chi connectivity index (χ3n) is 3.58. The minimum Gasteiger partial charge on any atom is -0.355 e. The molecule has 1 amide bonds. The summed E-state index contributed by atoms with van der Waals surface area (Å²) in [6.07, 6.45) is 0.915. The lowest BCUT2D eigenvalue weighted by Gasteiger charge is -2.08. The SMILES string of the molecule is CCCNC(=O)CSc1nnc(S[C@@H](C)c2nc3ccccc3c(=O)[nH]2)s1. The zero-order valence-electron chi connectivity index (χ0n) is 14.9. The molecule has 0 saturated carbocycles. The molecule has 0 spiro atoms. The molecule has 3 aromatic rings. The van der Waals surface area contributed by atoms with Crippen molar-refractivity contribution in [1.29, 1.82) is 0 Å². The molecule has 2 heterocycles. The first-order valence-corrected chi connectivity index (χ1v) is 11.1. The highest BCUT2D eigenvalue weighted by Gasteiger charge is 2.16. The molecule has 10 heteroatoms. The van der Waals surface area contributed by atoms with E-state index < -0.39 is 0 Å². The van der Waals surface area contributed by atoms with Gasteiger partial charge in [0, 0.05) is 6.54 Å². The van der Waals surface area contributed by atoms with Crippen LogP contribution in [0, 0.1) is 0 Å². The number of fused-ring (bicyclic) bond motifs is 1. The minimum atomic E-state index is -0.144. The molecule has 0 unspecified atom stereocenters. The number of nitrogens with zero attached hydrogens (tertiary/aromatic N) is 3. The van der Waals surface area contributed by atoms with Gasteiger partial charge in [0.15, 0.2) is 8.68 Å². The maximum Gasteiger partial charge on any atom is 0.258 e. The van der Waals surface area contributed by atoms with E-state index in [1.54, 1.807) is 6.07 Å². The van der Waals surface area contributed by atoms with Crippen molar-refractivity contribution in [3.63, 3.8) is 0 Å². The molecule has 0 bridgehead atoms. The predicted molar refractivity (Wildman–Crippen MR) is 111 cm³/mol. The number of para-hydroxylation sites is 1. The average molecular weight is 422 g/mol. The van der Waals surface area contributed by atoms with E-state index in [2.05, 4.69) is 25.5 Å². The van der Waals surface area contributed by atoms with E-state index in [1.807, 2.05) is 32.0 Å². The van der Waals surface area contributed by atoms with Gasteiger partial charge in [-0.1, -0.05) is 53.9 Å². The van der Waals surface area contributed by atoms with Crippen molar-refractivity contribution < 1.29 is 4.79 Å². The summed E-state index contributed by atoms with van der Waals surface area (Å²) in [5.74, 6) is 0.929. The van der Waals surface area contributed by atoms with Crippen LogP contribution < -0.4 is 10.9 Å². The van der Waals surface area contributed by atoms with Gasteiger partial charge >= 0.3 is 0 Å². The molecule has 0 aliphatic heterocycles. The monoisotopic (exact) mass is 421 g/mol. The van der Waals surface area contributed by atoms with E-state index >= 15 is 0 Å². The highest BCUT2D eigenvalue weighted by atomic mass is 32.2. The Kier molecular flexibility index (Phi) is 6.86. The molecule has 1 atom stereocenters. The van der Waals surface area contributed by atoms with Crippen LogP contribution in [0.2, 0.25) is 0 Å². The Morgan fingerprint density at radius 1 is 1.30 bits per heavy atom. The summed E-state index contributed by atoms with van der Waals surface area (Å²) in [6, 6.07) is 7.27. The summed E-state index contributed by atoms with van der Waals surface area (Å²) < 4.78 is 1.52. The van der Waals surface area contributed by atoms with Gasteiger partial charge in [-0.05, 0) is 25.5 Å². The van der Waals surface area contributed by atoms with Crippen LogP contribution >= 0.6 is 34.9 Å². The fourth-order valence-electron chi connectivity index (χ4n) is 2.25. The third kappa shape index (κ3) is 5.30. The van der Waals surface area contributed by atoms with Crippen LogP contribution in [-0.4, -0.2) is 38.4 Å². The zero-order valence-corrected chi connectivity index (χ0v) is 17.3. The average Bonchev–Trinajstić information content (AvgIpc) is 3.12. The number of benzene rings is 1. The normalized spacial score (nSPS) is 12.2. The van der Waals surface area contributed by atoms with Crippen LogP contribution in [0.4, 0.5) is 0 Å². The van der Waals surface area contributed by atoms with E-state index in [9.17, 15) is 9.59 Å². The van der Waals surface area contributed by atoms with Crippen molar-refractivity contribution in [3.8, 4) is 0 Å². The number of amides is 1. The van der Waals surface area contributed by atoms with Gasteiger partial charge in [0.2, 0.25) is 5.91 Å². The summed E-state index contributed by atoms with van der Waals surface area (Å²) >= 11 is 4.29. The summed E-state index contributed by atoms with van der Waals surface area (Å²) in [6.45, 7) is 4.66. The molecular formula is C17H19N5O2S3. The van der Waals surface area contributed by atoms with Gasteiger partial charge in [0.05, 0.1) is 21.9 Å². The second kappa shape index (κ2) is 9.34. The van der Waals surface area contributed by atoms with E-state index in [-0.39, 0.29) is 16.7 Å². The number of aromatic nitrogens is 4. The minimum absolute atomic E-state index is 0.00226. The molecule has 0 aliphatic rings. The molecule has 0 saturated heterocycles. The van der Waals surface area contributed by atoms with E-state index in [0.29, 0.717) is 29.0 Å². The van der Waals surface area contributed by atoms with Crippen molar-refractivity contribution in [1.82, 2.24) is 25.5 Å². The quantitative estimate of drug-likeness (QED) is 0.539. The van der Waals surface area contributed by atoms with Gasteiger partial charge in [0.25, 0.3) is 5.56 Å². The molecule has 142 valence electrons. The highest BCUT2D eigenvalue weighted by Crippen LogP contribution is 2.36. The van der Waals surface area contributed by atoms with Crippen molar-refractivity contribution in [3.05, 3.63) is 40.4 Å². The maximum atomic E-state index is 12.2. The molecule has 7 nitrogen and oxygen atoms in total. The molecule has 0 fully saturated rings. The van der Waals surface area contributed by atoms with E-state index in [1.165, 1.54) is 34.9 Å². The molecular weight excluding hydrogens is 402 g/mol. The van der Waals surface area contributed by atoms with Crippen molar-refractivity contribution in [2.75, 3.05) is 12.3 Å². The Hall–Kier alpha value is -1.91. The largest absolute Gasteiger partial charge is 0.355 e. The first-order valence-electron chi connectivity index (χ1n) is 8.45. The third-order valence-corrected chi connectivity index (χ3v) is 6.83. The van der Waals surface area contributed by atoms with Crippen LogP contribution in [0.5, 0.6) is 0 Å². The first-order chi connectivity index (χ1) is 13.1. The Morgan fingerprint density at radius 3 is 2.89 bits per heavy atom. The first kappa shape index (κ1) is 19.8. The molecule has 0 aliphatic carbocycles. The van der Waals surface area contributed by atoms with Crippen LogP contribution in [0.3, 0.4) is 0 Å². The number of hydrogen-bond acceptors (Lipinski definition) is 8. The number of carbonyl (C=O) groups is 1. The molecule has 2 N–H and O–H groups in total. The smallest absolute Gasteiger partial charge is 0.258 e. The molecule has 2 aromatic heterocycles. The Labute approximate surface area is 168 Å². The number of nitrogens with one attached hydrogen (secondary N) is 2. The predicted octanol–water partition coefficient (Wildman–Crippen LogP) is 3.25. The fourth-order valence-corrected chi connectivity index (χ4v) is 5.30. The summed E-state index contributed by atoms with van der Waals surface area (Å²) in [5, 5.41) is 11.6. The second-order valence-corrected chi connectivity index (χ2v) is 9.49. The van der Waals surface area contributed by atoms with Gasteiger partial charge in [-0.3, -0.25) is 9.59 Å². The van der Waals surface area contributed by atoms with Crippen LogP contribution in [0.1, 0.15) is 31.3 Å². The number of thioether (sulfide) groups is 2. The van der Waals surface area contributed by atoms with Crippen molar-refractivity contribution in [2.24, 2.45) is 0 Å². The Bertz CT molecular complexity index is 988. The van der Waals surface area contributed by atoms with Gasteiger partial charge < -0.3 is 10.3 Å². The van der Waals surface area contributed by atoms with Crippen molar-refractivity contribution >= 4 is 51.7 Å². The summed E-state index contributed by atoms with van der Waals surface area (Å²) in [4.78, 5) is 31.3. The van der Waals surface area contributed by atoms with Gasteiger partial charge in [0.1, 0.15) is 5.82 Å². The molecule has 27 heavy (non-hydrogen) atoms. The number of rotatable bonds is 8. The Balaban J connectivity index is 1.63. The topological polar surface area (TPSA) is 101 Å². The summed E-state index contributed by atoms with van der Waals surface area (Å²) in [7, 11) is 0. The van der Waals surface area contributed by atoms with E-state index in [0.717, 1.165) is 15.1 Å². The van der Waals surface area contributed by atoms with Crippen molar-refractivity contribution in [2.45, 2.75) is 34.2 Å². The summed E-state index contributed by atoms with van der Waals surface area (Å²) in [5.41, 5.74) is 0.532. The van der Waals surface area contributed by atoms with Gasteiger partial charge in [-0.15, -0.1) is 10.2 Å². The number of carbonyl (C=O) groups excluding carboxylic acids is 1. The fraction of sp³-hybridized carbons (Fsp3) is 0.353. The molecule has 3 rings (SSSR count). The lowest BCUT2D eigenvalue weighted by Crippen LogP contribution is -2.25. The molecule has 0 radical (unpaired) electrons. The van der Waals surface area contributed by atoms with Crippen LogP contribution in [-0.2, 0) is 4.79 Å². The van der Waals surface area contributed by atoms with Gasteiger partial charge in [-0.2, -0.15) is 0 Å². The highest BCUT2D eigenvalue weighted by molar-refractivity contribution is 8.03. The van der Waals surface area contributed by atoms with Gasteiger partial charge in [-0.25, -0.2) is 4.98 Å². The lowest BCUT2D eigenvalue weighted by molar-refractivity contribution is -0.118. The number of hydrogen-bond donors (Lipinski definition) is 2. The zero-order chi connectivity index (χ0) is 19.2. The lowest BCUT2D eigenvalue weighted by atomic mass is 10.2. The van der Waals surface area contributed by atoms with Crippen LogP contribution in [0.25, 0.3) is 10.9 Å². The molecule has 1 aromatic carbocycles. The Morgan fingerprint density at radius 2 is 2.07 bits per heavy atom. The second-order valence-electron chi connectivity index (χ2n) is 5.70. The van der Waals surface area contributed by atoms with Crippen LogP contribution in [0.15, 0.2) is 37.7 Å². The number of H-pyrrole nitrogens is 1. The number of aromatic amines is 1. The standard InChI is InChI=1S/C17H19N5O2S3/c1-3-8-18-13(23)9-25-16-21-22-17(27-16)26-10(2)14-19-12-7-5-4-6-11(12)15(24)20-14/h4-7,10H,3,8-9H2,1-2H3,(H,18,23)(H,19,20,24)/t10-/m0/s1.